The van der Waals surface area contributed by atoms with Crippen LogP contribution in [0.4, 0.5) is 0 Å². The molecule has 0 heterocycles. The van der Waals surface area contributed by atoms with Crippen LogP contribution in [0, 0.1) is 0 Å². The molecule has 0 spiro atoms. The van der Waals surface area contributed by atoms with Gasteiger partial charge in [-0.05, 0) is 39.7 Å². The van der Waals surface area contributed by atoms with Gasteiger partial charge in [-0.15, -0.1) is 6.58 Å². The minimum Gasteiger partial charge on any atom is -0.460 e. The van der Waals surface area contributed by atoms with Gasteiger partial charge in [-0.25, -0.2) is 0 Å². The number of rotatable bonds is 8. The summed E-state index contributed by atoms with van der Waals surface area (Å²) in [4.78, 5) is 14.5. The molecule has 23 heavy (non-hydrogen) atoms. The Morgan fingerprint density at radius 1 is 1.30 bits per heavy atom. The maximum Gasteiger partial charge on any atom is 0.307 e. The molecule has 3 heteroatoms. The molecule has 0 N–H and O–H groups in total. The van der Waals surface area contributed by atoms with Gasteiger partial charge in [0.1, 0.15) is 5.60 Å². The maximum atomic E-state index is 12.2. The standard InChI is InChI=1S/C20H31NO2/c1-7-14-21(16(3)17-12-10-9-11-13-17)18(8-2)15-19(22)23-20(4,5)6/h7,9-13,16,18H,1,8,14-15H2,2-6H3/t16-,18?/m1/s1. The van der Waals surface area contributed by atoms with Crippen LogP contribution in [0.1, 0.15) is 59.1 Å². The van der Waals surface area contributed by atoms with Crippen LogP contribution in [0.5, 0.6) is 0 Å². The van der Waals surface area contributed by atoms with Crippen molar-refractivity contribution in [2.45, 2.75) is 65.1 Å². The monoisotopic (exact) mass is 317 g/mol. The van der Waals surface area contributed by atoms with Gasteiger partial charge in [0.25, 0.3) is 0 Å². The lowest BCUT2D eigenvalue weighted by atomic mass is 10.0. The van der Waals surface area contributed by atoms with Crippen molar-refractivity contribution in [3.8, 4) is 0 Å². The van der Waals surface area contributed by atoms with E-state index in [0.29, 0.717) is 6.42 Å². The van der Waals surface area contributed by atoms with E-state index in [1.165, 1.54) is 5.56 Å². The van der Waals surface area contributed by atoms with Crippen LogP contribution in [0.2, 0.25) is 0 Å². The van der Waals surface area contributed by atoms with Crippen LogP contribution >= 0.6 is 0 Å². The summed E-state index contributed by atoms with van der Waals surface area (Å²) in [6, 6.07) is 10.7. The minimum absolute atomic E-state index is 0.137. The summed E-state index contributed by atoms with van der Waals surface area (Å²) in [5.41, 5.74) is 0.806. The molecule has 3 nitrogen and oxygen atoms in total. The molecule has 0 saturated heterocycles. The first-order chi connectivity index (χ1) is 10.8. The number of nitrogens with zero attached hydrogens (tertiary/aromatic N) is 1. The van der Waals surface area contributed by atoms with Crippen LogP contribution in [0.25, 0.3) is 0 Å². The zero-order valence-electron chi connectivity index (χ0n) is 15.2. The third kappa shape index (κ3) is 6.57. The van der Waals surface area contributed by atoms with Gasteiger partial charge in [-0.1, -0.05) is 43.3 Å². The Morgan fingerprint density at radius 2 is 1.91 bits per heavy atom. The van der Waals surface area contributed by atoms with Crippen molar-refractivity contribution in [3.05, 3.63) is 48.6 Å². The van der Waals surface area contributed by atoms with E-state index >= 15 is 0 Å². The van der Waals surface area contributed by atoms with Crippen molar-refractivity contribution in [2.24, 2.45) is 0 Å². The summed E-state index contributed by atoms with van der Waals surface area (Å²) in [6.45, 7) is 14.6. The van der Waals surface area contributed by atoms with E-state index in [0.717, 1.165) is 13.0 Å². The van der Waals surface area contributed by atoms with Crippen LogP contribution in [0.3, 0.4) is 0 Å². The van der Waals surface area contributed by atoms with Crippen molar-refractivity contribution in [3.63, 3.8) is 0 Å². The summed E-state index contributed by atoms with van der Waals surface area (Å²) < 4.78 is 5.49. The van der Waals surface area contributed by atoms with E-state index in [9.17, 15) is 4.79 Å². The average Bonchev–Trinajstić information content (AvgIpc) is 2.49. The second-order valence-electron chi connectivity index (χ2n) is 6.92. The van der Waals surface area contributed by atoms with Crippen molar-refractivity contribution in [1.82, 2.24) is 4.90 Å². The highest BCUT2D eigenvalue weighted by molar-refractivity contribution is 5.70. The number of carbonyl (C=O) groups excluding carboxylic acids is 1. The average molecular weight is 317 g/mol. The summed E-state index contributed by atoms with van der Waals surface area (Å²) in [5, 5.41) is 0. The molecule has 1 unspecified atom stereocenters. The predicted octanol–water partition coefficient (Wildman–Crippen LogP) is 4.75. The van der Waals surface area contributed by atoms with Crippen LogP contribution < -0.4 is 0 Å². The zero-order valence-corrected chi connectivity index (χ0v) is 15.2. The number of hydrogen-bond acceptors (Lipinski definition) is 3. The first-order valence-corrected chi connectivity index (χ1v) is 8.42. The largest absolute Gasteiger partial charge is 0.460 e. The normalized spacial score (nSPS) is 14.3. The Morgan fingerprint density at radius 3 is 2.39 bits per heavy atom. The molecule has 128 valence electrons. The lowest BCUT2D eigenvalue weighted by Gasteiger charge is -2.35. The van der Waals surface area contributed by atoms with Gasteiger partial charge >= 0.3 is 5.97 Å². The molecule has 0 amide bonds. The second-order valence-corrected chi connectivity index (χ2v) is 6.92. The molecule has 0 aromatic heterocycles. The summed E-state index contributed by atoms with van der Waals surface area (Å²) in [7, 11) is 0. The number of carbonyl (C=O) groups is 1. The lowest BCUT2D eigenvalue weighted by molar-refractivity contribution is -0.156. The van der Waals surface area contributed by atoms with Gasteiger partial charge in [-0.2, -0.15) is 0 Å². The van der Waals surface area contributed by atoms with Crippen molar-refractivity contribution >= 4 is 5.97 Å². The Kier molecular flexibility index (Phi) is 7.50. The van der Waals surface area contributed by atoms with E-state index in [2.05, 4.69) is 37.5 Å². The second kappa shape index (κ2) is 8.88. The number of benzene rings is 1. The predicted molar refractivity (Wildman–Crippen MR) is 96.3 cm³/mol. The van der Waals surface area contributed by atoms with Gasteiger partial charge in [0.2, 0.25) is 0 Å². The van der Waals surface area contributed by atoms with E-state index in [4.69, 9.17) is 4.74 Å². The van der Waals surface area contributed by atoms with Crippen LogP contribution in [0.15, 0.2) is 43.0 Å². The van der Waals surface area contributed by atoms with Gasteiger partial charge in [-0.3, -0.25) is 9.69 Å². The maximum absolute atomic E-state index is 12.2. The molecule has 0 saturated carbocycles. The molecule has 0 aliphatic heterocycles. The summed E-state index contributed by atoms with van der Waals surface area (Å²) >= 11 is 0. The molecular formula is C20H31NO2. The third-order valence-electron chi connectivity index (χ3n) is 3.88. The van der Waals surface area contributed by atoms with E-state index in [1.807, 2.05) is 45.0 Å². The first kappa shape index (κ1) is 19.4. The first-order valence-electron chi connectivity index (χ1n) is 8.42. The number of ether oxygens (including phenoxy) is 1. The third-order valence-corrected chi connectivity index (χ3v) is 3.88. The van der Waals surface area contributed by atoms with E-state index < -0.39 is 5.60 Å². The molecule has 0 aliphatic rings. The fourth-order valence-corrected chi connectivity index (χ4v) is 2.77. The van der Waals surface area contributed by atoms with Gasteiger partial charge in [0.15, 0.2) is 0 Å². The van der Waals surface area contributed by atoms with Gasteiger partial charge < -0.3 is 4.74 Å². The van der Waals surface area contributed by atoms with Crippen molar-refractivity contribution < 1.29 is 9.53 Å². The van der Waals surface area contributed by atoms with Crippen molar-refractivity contribution in [2.75, 3.05) is 6.54 Å². The van der Waals surface area contributed by atoms with E-state index in [-0.39, 0.29) is 18.1 Å². The van der Waals surface area contributed by atoms with Crippen LogP contribution in [-0.2, 0) is 9.53 Å². The lowest BCUT2D eigenvalue weighted by Crippen LogP contribution is -2.39. The van der Waals surface area contributed by atoms with Crippen LogP contribution in [-0.4, -0.2) is 29.1 Å². The molecular weight excluding hydrogens is 286 g/mol. The van der Waals surface area contributed by atoms with E-state index in [1.54, 1.807) is 0 Å². The highest BCUT2D eigenvalue weighted by Gasteiger charge is 2.26. The quantitative estimate of drug-likeness (QED) is 0.512. The summed E-state index contributed by atoms with van der Waals surface area (Å²) in [5.74, 6) is -0.140. The Hall–Kier alpha value is -1.61. The SMILES string of the molecule is C=CCN(C(CC)CC(=O)OC(C)(C)C)[C@H](C)c1ccccc1. The fraction of sp³-hybridized carbons (Fsp3) is 0.550. The molecule has 2 atom stereocenters. The fourth-order valence-electron chi connectivity index (χ4n) is 2.77. The Bertz CT molecular complexity index is 490. The molecule has 1 rings (SSSR count). The summed E-state index contributed by atoms with van der Waals surface area (Å²) in [6.07, 6.45) is 3.19. The minimum atomic E-state index is -0.441. The number of hydrogen-bond donors (Lipinski definition) is 0. The van der Waals surface area contributed by atoms with Crippen molar-refractivity contribution in [1.29, 1.82) is 0 Å². The highest BCUT2D eigenvalue weighted by Crippen LogP contribution is 2.25. The molecule has 1 aromatic carbocycles. The molecule has 1 aromatic rings. The molecule has 0 fully saturated rings. The molecule has 0 aliphatic carbocycles. The highest BCUT2D eigenvalue weighted by atomic mass is 16.6. The molecule has 0 bridgehead atoms. The smallest absolute Gasteiger partial charge is 0.307 e. The van der Waals surface area contributed by atoms with Gasteiger partial charge in [0.05, 0.1) is 6.42 Å². The topological polar surface area (TPSA) is 29.5 Å². The zero-order chi connectivity index (χ0) is 17.5. The Balaban J connectivity index is 2.87. The van der Waals surface area contributed by atoms with Gasteiger partial charge in [0, 0.05) is 18.6 Å². The Labute approximate surface area is 141 Å². The number of esters is 1. The molecule has 0 radical (unpaired) electrons.